The largest absolute Gasteiger partial charge is 0.380 e. The van der Waals surface area contributed by atoms with Gasteiger partial charge in [-0.1, -0.05) is 18.2 Å². The molecule has 1 aromatic rings. The Kier molecular flexibility index (Phi) is 3.37. The summed E-state index contributed by atoms with van der Waals surface area (Å²) in [4.78, 5) is 2.30. The van der Waals surface area contributed by atoms with Crippen molar-refractivity contribution in [1.82, 2.24) is 4.90 Å². The second-order valence-electron chi connectivity index (χ2n) is 6.31. The monoisotopic (exact) mass is 260 g/mol. The highest BCUT2D eigenvalue weighted by Crippen LogP contribution is 2.43. The lowest BCUT2D eigenvalue weighted by Crippen LogP contribution is -2.55. The molecule has 1 aliphatic carbocycles. The number of nitrogens with zero attached hydrogens (tertiary/aromatic N) is 1. The van der Waals surface area contributed by atoms with Crippen LogP contribution in [0.5, 0.6) is 0 Å². The molecule has 1 aliphatic heterocycles. The zero-order valence-corrected chi connectivity index (χ0v) is 12.0. The minimum Gasteiger partial charge on any atom is -0.380 e. The molecule has 0 bridgehead atoms. The van der Waals surface area contributed by atoms with E-state index in [1.54, 1.807) is 0 Å². The first-order chi connectivity index (χ1) is 9.16. The van der Waals surface area contributed by atoms with E-state index in [2.05, 4.69) is 37.2 Å². The number of benzene rings is 1. The molecular formula is C16H24N2O. The summed E-state index contributed by atoms with van der Waals surface area (Å²) in [5.41, 5.74) is 10.6. The maximum Gasteiger partial charge on any atom is 0.0575 e. The average molecular weight is 260 g/mol. The molecule has 0 radical (unpaired) electrons. The molecule has 104 valence electrons. The van der Waals surface area contributed by atoms with E-state index in [0.29, 0.717) is 12.6 Å². The number of ether oxygens (including phenoxy) is 1. The van der Waals surface area contributed by atoms with Crippen molar-refractivity contribution in [3.8, 4) is 0 Å². The topological polar surface area (TPSA) is 38.5 Å². The molecule has 0 amide bonds. The molecule has 1 atom stereocenters. The van der Waals surface area contributed by atoms with Gasteiger partial charge < -0.3 is 15.4 Å². The van der Waals surface area contributed by atoms with Crippen LogP contribution in [-0.2, 0) is 17.6 Å². The molecule has 1 heterocycles. The summed E-state index contributed by atoms with van der Waals surface area (Å²) in [6, 6.07) is 7.38. The van der Waals surface area contributed by atoms with Gasteiger partial charge in [0.05, 0.1) is 13.2 Å². The Hall–Kier alpha value is -0.900. The molecule has 1 unspecified atom stereocenters. The van der Waals surface area contributed by atoms with Crippen molar-refractivity contribution in [1.29, 1.82) is 0 Å². The maximum atomic E-state index is 6.05. The van der Waals surface area contributed by atoms with Crippen LogP contribution < -0.4 is 5.73 Å². The van der Waals surface area contributed by atoms with Crippen molar-refractivity contribution in [3.63, 3.8) is 0 Å². The molecule has 1 fully saturated rings. The van der Waals surface area contributed by atoms with Crippen LogP contribution in [-0.4, -0.2) is 38.8 Å². The van der Waals surface area contributed by atoms with Crippen molar-refractivity contribution in [2.75, 3.05) is 33.9 Å². The first-order valence-electron chi connectivity index (χ1n) is 7.22. The lowest BCUT2D eigenvalue weighted by molar-refractivity contribution is -0.145. The van der Waals surface area contributed by atoms with E-state index in [1.807, 2.05) is 0 Å². The smallest absolute Gasteiger partial charge is 0.0575 e. The molecule has 0 saturated carbocycles. The van der Waals surface area contributed by atoms with E-state index in [1.165, 1.54) is 36.0 Å². The Morgan fingerprint density at radius 1 is 1.26 bits per heavy atom. The quantitative estimate of drug-likeness (QED) is 0.896. The second kappa shape index (κ2) is 4.89. The molecule has 1 saturated heterocycles. The summed E-state index contributed by atoms with van der Waals surface area (Å²) < 4.78 is 5.47. The summed E-state index contributed by atoms with van der Waals surface area (Å²) in [6.45, 7) is 2.25. The molecule has 2 N–H and O–H groups in total. The van der Waals surface area contributed by atoms with Crippen LogP contribution in [0.3, 0.4) is 0 Å². The number of rotatable bonds is 4. The SMILES string of the molecule is CN(C)C(c1ccc2c(c1)CCC2)C1(CN)COC1. The van der Waals surface area contributed by atoms with E-state index in [-0.39, 0.29) is 5.41 Å². The van der Waals surface area contributed by atoms with Gasteiger partial charge in [-0.3, -0.25) is 0 Å². The lowest BCUT2D eigenvalue weighted by atomic mass is 9.74. The van der Waals surface area contributed by atoms with E-state index >= 15 is 0 Å². The Balaban J connectivity index is 1.96. The van der Waals surface area contributed by atoms with Crippen LogP contribution in [0.25, 0.3) is 0 Å². The van der Waals surface area contributed by atoms with E-state index in [0.717, 1.165) is 13.2 Å². The number of hydrogen-bond donors (Lipinski definition) is 1. The fraction of sp³-hybridized carbons (Fsp3) is 0.625. The molecule has 0 spiro atoms. The highest BCUT2D eigenvalue weighted by molar-refractivity contribution is 5.37. The van der Waals surface area contributed by atoms with Gasteiger partial charge in [-0.05, 0) is 50.0 Å². The van der Waals surface area contributed by atoms with Gasteiger partial charge in [0.15, 0.2) is 0 Å². The third-order valence-electron chi connectivity index (χ3n) is 4.72. The Morgan fingerprint density at radius 2 is 2.00 bits per heavy atom. The van der Waals surface area contributed by atoms with Crippen LogP contribution in [0.15, 0.2) is 18.2 Å². The summed E-state index contributed by atoms with van der Waals surface area (Å²) >= 11 is 0. The van der Waals surface area contributed by atoms with Crippen molar-refractivity contribution in [2.45, 2.75) is 25.3 Å². The summed E-state index contributed by atoms with van der Waals surface area (Å²) in [5.74, 6) is 0. The molecular weight excluding hydrogens is 236 g/mol. The molecule has 2 aliphatic rings. The average Bonchev–Trinajstić information content (AvgIpc) is 2.80. The minimum atomic E-state index is 0.0936. The minimum absolute atomic E-state index is 0.0936. The fourth-order valence-corrected chi connectivity index (χ4v) is 3.71. The molecule has 1 aromatic carbocycles. The fourth-order valence-electron chi connectivity index (χ4n) is 3.71. The summed E-state index contributed by atoms with van der Waals surface area (Å²) in [7, 11) is 4.29. The van der Waals surface area contributed by atoms with Gasteiger partial charge >= 0.3 is 0 Å². The lowest BCUT2D eigenvalue weighted by Gasteiger charge is -2.49. The molecule has 3 nitrogen and oxygen atoms in total. The molecule has 19 heavy (non-hydrogen) atoms. The third-order valence-corrected chi connectivity index (χ3v) is 4.72. The van der Waals surface area contributed by atoms with E-state index < -0.39 is 0 Å². The van der Waals surface area contributed by atoms with Gasteiger partial charge in [-0.15, -0.1) is 0 Å². The molecule has 0 aromatic heterocycles. The molecule has 3 heteroatoms. The van der Waals surface area contributed by atoms with Gasteiger partial charge in [0.1, 0.15) is 0 Å². The second-order valence-corrected chi connectivity index (χ2v) is 6.31. The Labute approximate surface area is 115 Å². The first kappa shape index (κ1) is 13.1. The predicted molar refractivity (Wildman–Crippen MR) is 77.2 cm³/mol. The number of nitrogens with two attached hydrogens (primary N) is 1. The summed E-state index contributed by atoms with van der Waals surface area (Å²) in [5, 5.41) is 0. The maximum absolute atomic E-state index is 6.05. The summed E-state index contributed by atoms with van der Waals surface area (Å²) in [6.07, 6.45) is 3.78. The van der Waals surface area contributed by atoms with Gasteiger partial charge in [-0.25, -0.2) is 0 Å². The number of hydrogen-bond acceptors (Lipinski definition) is 3. The van der Waals surface area contributed by atoms with Gasteiger partial charge in [0, 0.05) is 18.0 Å². The van der Waals surface area contributed by atoms with Gasteiger partial charge in [0.25, 0.3) is 0 Å². The molecule has 3 rings (SSSR count). The first-order valence-corrected chi connectivity index (χ1v) is 7.22. The van der Waals surface area contributed by atoms with Crippen molar-refractivity contribution >= 4 is 0 Å². The normalized spacial score (nSPS) is 22.1. The highest BCUT2D eigenvalue weighted by atomic mass is 16.5. The number of aryl methyl sites for hydroxylation is 2. The van der Waals surface area contributed by atoms with Crippen LogP contribution in [0, 0.1) is 5.41 Å². The van der Waals surface area contributed by atoms with Crippen LogP contribution in [0.2, 0.25) is 0 Å². The van der Waals surface area contributed by atoms with Crippen LogP contribution in [0.4, 0.5) is 0 Å². The van der Waals surface area contributed by atoms with Gasteiger partial charge in [-0.2, -0.15) is 0 Å². The third kappa shape index (κ3) is 2.10. The zero-order chi connectivity index (χ0) is 13.5. The van der Waals surface area contributed by atoms with E-state index in [9.17, 15) is 0 Å². The predicted octanol–water partition coefficient (Wildman–Crippen LogP) is 1.75. The van der Waals surface area contributed by atoms with Crippen LogP contribution in [0.1, 0.15) is 29.2 Å². The highest BCUT2D eigenvalue weighted by Gasteiger charge is 2.46. The van der Waals surface area contributed by atoms with Crippen molar-refractivity contribution in [3.05, 3.63) is 34.9 Å². The Bertz CT molecular complexity index is 460. The van der Waals surface area contributed by atoms with E-state index in [4.69, 9.17) is 10.5 Å². The van der Waals surface area contributed by atoms with Crippen LogP contribution >= 0.6 is 0 Å². The standard InChI is InChI=1S/C16H24N2O/c1-18(2)15(16(9-17)10-19-11-16)14-7-6-12-4-3-5-13(12)8-14/h6-8,15H,3-5,9-11,17H2,1-2H3. The van der Waals surface area contributed by atoms with Gasteiger partial charge in [0.2, 0.25) is 0 Å². The number of fused-ring (bicyclic) bond motifs is 1. The zero-order valence-electron chi connectivity index (χ0n) is 12.0. The Morgan fingerprint density at radius 3 is 2.58 bits per heavy atom. The van der Waals surface area contributed by atoms with Crippen molar-refractivity contribution < 1.29 is 4.74 Å². The van der Waals surface area contributed by atoms with Crippen molar-refractivity contribution in [2.24, 2.45) is 11.1 Å².